The Kier molecular flexibility index (Phi) is 4.41. The molecule has 104 valence electrons. The summed E-state index contributed by atoms with van der Waals surface area (Å²) < 4.78 is 0. The lowest BCUT2D eigenvalue weighted by Gasteiger charge is -2.21. The summed E-state index contributed by atoms with van der Waals surface area (Å²) >= 11 is 0. The van der Waals surface area contributed by atoms with Crippen molar-refractivity contribution in [3.05, 3.63) is 65.2 Å². The summed E-state index contributed by atoms with van der Waals surface area (Å²) in [6, 6.07) is 16.0. The van der Waals surface area contributed by atoms with Gasteiger partial charge in [-0.25, -0.2) is 0 Å². The van der Waals surface area contributed by atoms with Gasteiger partial charge in [0.15, 0.2) is 0 Å². The standard InChI is InChI=1S/C17H19NO2/c1-13-5-3-4-6-16(13)18(2)12-15-9-7-14(8-10-15)11-17(19)20/h3-10H,11-12H2,1-2H3,(H,19,20). The zero-order valence-electron chi connectivity index (χ0n) is 11.8. The number of hydrogen-bond donors (Lipinski definition) is 1. The van der Waals surface area contributed by atoms with Crippen LogP contribution in [-0.2, 0) is 17.8 Å². The van der Waals surface area contributed by atoms with E-state index in [0.717, 1.165) is 12.1 Å². The maximum atomic E-state index is 10.6. The minimum absolute atomic E-state index is 0.0773. The van der Waals surface area contributed by atoms with Crippen LogP contribution in [0.4, 0.5) is 5.69 Å². The van der Waals surface area contributed by atoms with Gasteiger partial charge in [0.2, 0.25) is 0 Å². The molecular formula is C17H19NO2. The first kappa shape index (κ1) is 14.1. The zero-order chi connectivity index (χ0) is 14.5. The first-order valence-electron chi connectivity index (χ1n) is 6.62. The molecule has 1 N–H and O–H groups in total. The number of hydrogen-bond acceptors (Lipinski definition) is 2. The molecule has 0 bridgehead atoms. The van der Waals surface area contributed by atoms with E-state index < -0.39 is 5.97 Å². The lowest BCUT2D eigenvalue weighted by molar-refractivity contribution is -0.136. The maximum absolute atomic E-state index is 10.6. The van der Waals surface area contributed by atoms with Gasteiger partial charge < -0.3 is 10.0 Å². The second-order valence-electron chi connectivity index (χ2n) is 5.03. The van der Waals surface area contributed by atoms with E-state index in [0.29, 0.717) is 0 Å². The van der Waals surface area contributed by atoms with Gasteiger partial charge in [0, 0.05) is 19.3 Å². The second-order valence-corrected chi connectivity index (χ2v) is 5.03. The van der Waals surface area contributed by atoms with Crippen molar-refractivity contribution in [2.75, 3.05) is 11.9 Å². The number of carboxylic acid groups (broad SMARTS) is 1. The Morgan fingerprint density at radius 1 is 1.05 bits per heavy atom. The summed E-state index contributed by atoms with van der Waals surface area (Å²) in [5.74, 6) is -0.797. The third kappa shape index (κ3) is 3.60. The number of aliphatic carboxylic acids is 1. The number of anilines is 1. The van der Waals surface area contributed by atoms with Crippen molar-refractivity contribution in [2.24, 2.45) is 0 Å². The van der Waals surface area contributed by atoms with Crippen molar-refractivity contribution >= 4 is 11.7 Å². The highest BCUT2D eigenvalue weighted by Gasteiger charge is 2.05. The van der Waals surface area contributed by atoms with Crippen LogP contribution in [0.25, 0.3) is 0 Å². The van der Waals surface area contributed by atoms with E-state index in [9.17, 15) is 4.79 Å². The first-order valence-corrected chi connectivity index (χ1v) is 6.62. The molecule has 0 aromatic heterocycles. The number of para-hydroxylation sites is 1. The van der Waals surface area contributed by atoms with E-state index in [-0.39, 0.29) is 6.42 Å². The van der Waals surface area contributed by atoms with Crippen molar-refractivity contribution in [2.45, 2.75) is 19.9 Å². The van der Waals surface area contributed by atoms with Gasteiger partial charge in [-0.15, -0.1) is 0 Å². The average Bonchev–Trinajstić information content (AvgIpc) is 2.41. The minimum Gasteiger partial charge on any atom is -0.481 e. The highest BCUT2D eigenvalue weighted by atomic mass is 16.4. The van der Waals surface area contributed by atoms with E-state index in [4.69, 9.17) is 5.11 Å². The summed E-state index contributed by atoms with van der Waals surface area (Å²) in [7, 11) is 2.06. The quantitative estimate of drug-likeness (QED) is 0.905. The Hall–Kier alpha value is -2.29. The molecule has 0 saturated carbocycles. The molecule has 0 unspecified atom stereocenters. The van der Waals surface area contributed by atoms with Crippen molar-refractivity contribution in [1.82, 2.24) is 0 Å². The smallest absolute Gasteiger partial charge is 0.307 e. The largest absolute Gasteiger partial charge is 0.481 e. The third-order valence-corrected chi connectivity index (χ3v) is 3.32. The van der Waals surface area contributed by atoms with Crippen LogP contribution in [0.2, 0.25) is 0 Å². The molecule has 0 amide bonds. The van der Waals surface area contributed by atoms with Gasteiger partial charge in [0.05, 0.1) is 6.42 Å². The predicted octanol–water partition coefficient (Wildman–Crippen LogP) is 3.26. The Labute approximate surface area is 119 Å². The number of nitrogens with zero attached hydrogens (tertiary/aromatic N) is 1. The molecule has 0 heterocycles. The van der Waals surface area contributed by atoms with E-state index in [2.05, 4.69) is 31.0 Å². The summed E-state index contributed by atoms with van der Waals surface area (Å²) in [5.41, 5.74) is 4.46. The van der Waals surface area contributed by atoms with Crippen LogP contribution in [0.3, 0.4) is 0 Å². The fourth-order valence-corrected chi connectivity index (χ4v) is 2.29. The Balaban J connectivity index is 2.06. The van der Waals surface area contributed by atoms with Crippen LogP contribution in [0.15, 0.2) is 48.5 Å². The molecule has 20 heavy (non-hydrogen) atoms. The lowest BCUT2D eigenvalue weighted by Crippen LogP contribution is -2.17. The fourth-order valence-electron chi connectivity index (χ4n) is 2.29. The van der Waals surface area contributed by atoms with Gasteiger partial charge in [-0.1, -0.05) is 42.5 Å². The molecule has 0 atom stereocenters. The molecule has 2 aromatic carbocycles. The first-order chi connectivity index (χ1) is 9.56. The number of rotatable bonds is 5. The fraction of sp³-hybridized carbons (Fsp3) is 0.235. The van der Waals surface area contributed by atoms with Crippen LogP contribution < -0.4 is 4.90 Å². The Morgan fingerprint density at radius 2 is 1.65 bits per heavy atom. The molecule has 2 aromatic rings. The van der Waals surface area contributed by atoms with Crippen molar-refractivity contribution in [3.8, 4) is 0 Å². The lowest BCUT2D eigenvalue weighted by atomic mass is 10.1. The molecule has 0 aliphatic heterocycles. The molecule has 0 fully saturated rings. The normalized spacial score (nSPS) is 10.3. The topological polar surface area (TPSA) is 40.5 Å². The summed E-state index contributed by atoms with van der Waals surface area (Å²) in [6.45, 7) is 2.90. The monoisotopic (exact) mass is 269 g/mol. The Bertz CT molecular complexity index is 590. The SMILES string of the molecule is Cc1ccccc1N(C)Cc1ccc(CC(=O)O)cc1. The highest BCUT2D eigenvalue weighted by molar-refractivity contribution is 5.70. The van der Waals surface area contributed by atoms with Crippen LogP contribution >= 0.6 is 0 Å². The predicted molar refractivity (Wildman–Crippen MR) is 81.1 cm³/mol. The van der Waals surface area contributed by atoms with E-state index >= 15 is 0 Å². The molecule has 0 aliphatic carbocycles. The van der Waals surface area contributed by atoms with E-state index in [1.807, 2.05) is 36.4 Å². The van der Waals surface area contributed by atoms with Gasteiger partial charge in [0.25, 0.3) is 0 Å². The molecule has 3 nitrogen and oxygen atoms in total. The molecule has 0 aliphatic rings. The Morgan fingerprint density at radius 3 is 2.25 bits per heavy atom. The molecule has 0 saturated heterocycles. The van der Waals surface area contributed by atoms with Gasteiger partial charge >= 0.3 is 5.97 Å². The highest BCUT2D eigenvalue weighted by Crippen LogP contribution is 2.20. The molecule has 0 spiro atoms. The van der Waals surface area contributed by atoms with E-state index in [1.54, 1.807) is 0 Å². The minimum atomic E-state index is -0.797. The third-order valence-electron chi connectivity index (χ3n) is 3.32. The summed E-state index contributed by atoms with van der Waals surface area (Å²) in [4.78, 5) is 12.8. The number of benzene rings is 2. The second kappa shape index (κ2) is 6.24. The van der Waals surface area contributed by atoms with Gasteiger partial charge in [-0.2, -0.15) is 0 Å². The number of carboxylic acids is 1. The van der Waals surface area contributed by atoms with Gasteiger partial charge in [-0.3, -0.25) is 4.79 Å². The van der Waals surface area contributed by atoms with Crippen LogP contribution in [0.5, 0.6) is 0 Å². The van der Waals surface area contributed by atoms with Crippen molar-refractivity contribution < 1.29 is 9.90 Å². The van der Waals surface area contributed by atoms with E-state index in [1.165, 1.54) is 16.8 Å². The molecular weight excluding hydrogens is 250 g/mol. The summed E-state index contributed by atoms with van der Waals surface area (Å²) in [5, 5.41) is 8.75. The van der Waals surface area contributed by atoms with Crippen molar-refractivity contribution in [3.63, 3.8) is 0 Å². The average molecular weight is 269 g/mol. The van der Waals surface area contributed by atoms with Crippen LogP contribution in [-0.4, -0.2) is 18.1 Å². The van der Waals surface area contributed by atoms with Crippen LogP contribution in [0, 0.1) is 6.92 Å². The van der Waals surface area contributed by atoms with Gasteiger partial charge in [-0.05, 0) is 29.7 Å². The molecule has 2 rings (SSSR count). The molecule has 0 radical (unpaired) electrons. The van der Waals surface area contributed by atoms with Crippen molar-refractivity contribution in [1.29, 1.82) is 0 Å². The van der Waals surface area contributed by atoms with Gasteiger partial charge in [0.1, 0.15) is 0 Å². The summed E-state index contributed by atoms with van der Waals surface area (Å²) in [6.07, 6.45) is 0.0773. The number of carbonyl (C=O) groups is 1. The maximum Gasteiger partial charge on any atom is 0.307 e. The molecule has 3 heteroatoms. The zero-order valence-corrected chi connectivity index (χ0v) is 11.8. The van der Waals surface area contributed by atoms with Crippen LogP contribution in [0.1, 0.15) is 16.7 Å². The number of aryl methyl sites for hydroxylation is 1.